The maximum absolute atomic E-state index is 9.58. The fourth-order valence-electron chi connectivity index (χ4n) is 8.82. The quantitative estimate of drug-likeness (QED) is 0.157. The smallest absolute Gasteiger partial charge is 0.145 e. The molecule has 8 aromatic carbocycles. The van der Waals surface area contributed by atoms with E-state index >= 15 is 0 Å². The van der Waals surface area contributed by atoms with Gasteiger partial charge in [0.1, 0.15) is 11.2 Å². The van der Waals surface area contributed by atoms with Gasteiger partial charge >= 0.3 is 0 Å². The normalized spacial score (nSPS) is 11.6. The molecule has 3 aromatic heterocycles. The molecule has 11 rings (SSSR count). The van der Waals surface area contributed by atoms with E-state index in [1.807, 2.05) is 79.7 Å². The Morgan fingerprint density at radius 3 is 1.74 bits per heavy atom. The van der Waals surface area contributed by atoms with Gasteiger partial charge in [-0.05, 0) is 127 Å². The summed E-state index contributed by atoms with van der Waals surface area (Å²) in [5, 5.41) is 25.8. The number of aromatic nitrogens is 2. The van der Waals surface area contributed by atoms with Crippen molar-refractivity contribution in [3.63, 3.8) is 0 Å². The third-order valence-electron chi connectivity index (χ3n) is 11.6. The molecule has 5 heteroatoms. The average Bonchev–Trinajstić information content (AvgIpc) is 4.00. The van der Waals surface area contributed by atoms with Crippen molar-refractivity contribution in [2.24, 2.45) is 0 Å². The zero-order valence-electron chi connectivity index (χ0n) is 34.4. The van der Waals surface area contributed by atoms with Gasteiger partial charge in [-0.1, -0.05) is 110 Å². The molecular weight excluding hydrogens is 757 g/mol. The first kappa shape index (κ1) is 37.9. The summed E-state index contributed by atoms with van der Waals surface area (Å²) in [6.45, 7) is 4.14. The second kappa shape index (κ2) is 16.0. The lowest BCUT2D eigenvalue weighted by molar-refractivity contribution is 0.673. The predicted octanol–water partition coefficient (Wildman–Crippen LogP) is 15.4. The summed E-state index contributed by atoms with van der Waals surface area (Å²) in [5.74, 6) is 0. The molecule has 294 valence electrons. The molecule has 0 amide bonds. The Kier molecular flexibility index (Phi) is 9.77. The van der Waals surface area contributed by atoms with Crippen LogP contribution in [-0.4, -0.2) is 9.13 Å². The highest BCUT2D eigenvalue weighted by molar-refractivity contribution is 6.31. The first-order valence-corrected chi connectivity index (χ1v) is 20.9. The van der Waals surface area contributed by atoms with E-state index < -0.39 is 0 Å². The molecule has 3 heterocycles. The Hall–Kier alpha value is -8.38. The molecule has 0 fully saturated rings. The summed E-state index contributed by atoms with van der Waals surface area (Å²) in [6.07, 6.45) is 9.36. The van der Waals surface area contributed by atoms with Crippen LogP contribution in [0.25, 0.3) is 99.2 Å². The lowest BCUT2D eigenvalue weighted by Gasteiger charge is -2.15. The summed E-state index contributed by atoms with van der Waals surface area (Å²) in [6, 6.07) is 63.1. The number of rotatable bonds is 6. The second-order valence-electron chi connectivity index (χ2n) is 15.3. The third kappa shape index (κ3) is 6.41. The fraction of sp³-hybridized carbons (Fsp3) is 0.0526. The van der Waals surface area contributed by atoms with Crippen molar-refractivity contribution in [2.45, 2.75) is 20.3 Å². The van der Waals surface area contributed by atoms with Gasteiger partial charge in [-0.3, -0.25) is 0 Å². The maximum atomic E-state index is 9.58. The SMILES string of the molecule is C/C=C\C=C/CC.N#Cc1ccc(-c2cc(-c3ccc(C#N)cc3)cc(-n3c4ccc5c6ccccc6oc5c4c4ccc5c(c6ccccc6n5-c5ccccc5)c43)c2)cc1. The Morgan fingerprint density at radius 1 is 0.500 bits per heavy atom. The summed E-state index contributed by atoms with van der Waals surface area (Å²) >= 11 is 0. The van der Waals surface area contributed by atoms with Gasteiger partial charge in [0.2, 0.25) is 0 Å². The Labute approximate surface area is 359 Å². The van der Waals surface area contributed by atoms with Crippen LogP contribution in [-0.2, 0) is 0 Å². The summed E-state index contributed by atoms with van der Waals surface area (Å²) < 4.78 is 11.5. The molecule has 0 saturated carbocycles. The van der Waals surface area contributed by atoms with E-state index in [0.717, 1.165) is 106 Å². The highest BCUT2D eigenvalue weighted by Crippen LogP contribution is 2.46. The van der Waals surface area contributed by atoms with Crippen molar-refractivity contribution in [3.05, 3.63) is 205 Å². The minimum atomic E-state index is 0.613. The topological polar surface area (TPSA) is 70.6 Å². The van der Waals surface area contributed by atoms with Crippen molar-refractivity contribution >= 4 is 65.6 Å². The number of hydrogen-bond donors (Lipinski definition) is 0. The summed E-state index contributed by atoms with van der Waals surface area (Å²) in [4.78, 5) is 0. The first-order valence-electron chi connectivity index (χ1n) is 20.9. The molecule has 0 aliphatic rings. The zero-order valence-corrected chi connectivity index (χ0v) is 34.4. The van der Waals surface area contributed by atoms with Crippen molar-refractivity contribution in [3.8, 4) is 45.8 Å². The maximum Gasteiger partial charge on any atom is 0.145 e. The number of nitrogens with zero attached hydrogens (tertiary/aromatic N) is 4. The molecule has 0 unspecified atom stereocenters. The van der Waals surface area contributed by atoms with E-state index in [2.05, 4.69) is 150 Å². The lowest BCUT2D eigenvalue weighted by Crippen LogP contribution is -1.97. The minimum absolute atomic E-state index is 0.613. The van der Waals surface area contributed by atoms with Gasteiger partial charge in [0.25, 0.3) is 0 Å². The van der Waals surface area contributed by atoms with Gasteiger partial charge in [0, 0.05) is 38.3 Å². The van der Waals surface area contributed by atoms with Crippen molar-refractivity contribution in [2.75, 3.05) is 0 Å². The number of hydrogen-bond acceptors (Lipinski definition) is 3. The second-order valence-corrected chi connectivity index (χ2v) is 15.3. The largest absolute Gasteiger partial charge is 0.455 e. The number of benzene rings is 8. The minimum Gasteiger partial charge on any atom is -0.455 e. The molecule has 0 atom stereocenters. The van der Waals surface area contributed by atoms with Crippen LogP contribution in [0.1, 0.15) is 31.4 Å². The number of allylic oxidation sites excluding steroid dienone is 4. The van der Waals surface area contributed by atoms with Gasteiger partial charge in [0.05, 0.1) is 50.7 Å². The van der Waals surface area contributed by atoms with E-state index in [1.165, 1.54) is 0 Å². The molecule has 0 N–H and O–H groups in total. The Morgan fingerprint density at radius 2 is 1.10 bits per heavy atom. The van der Waals surface area contributed by atoms with Crippen LogP contribution in [0.15, 0.2) is 199 Å². The number of para-hydroxylation sites is 3. The third-order valence-corrected chi connectivity index (χ3v) is 11.6. The zero-order chi connectivity index (χ0) is 42.2. The summed E-state index contributed by atoms with van der Waals surface area (Å²) in [5.41, 5.74) is 13.4. The number of nitriles is 2. The van der Waals surface area contributed by atoms with E-state index in [9.17, 15) is 10.5 Å². The molecular formula is C57H40N4O. The van der Waals surface area contributed by atoms with Crippen molar-refractivity contribution in [1.29, 1.82) is 10.5 Å². The van der Waals surface area contributed by atoms with Gasteiger partial charge in [-0.2, -0.15) is 10.5 Å². The van der Waals surface area contributed by atoms with Crippen molar-refractivity contribution < 1.29 is 4.42 Å². The molecule has 0 radical (unpaired) electrons. The highest BCUT2D eigenvalue weighted by Gasteiger charge is 2.24. The average molecular weight is 797 g/mol. The molecule has 11 aromatic rings. The van der Waals surface area contributed by atoms with Crippen LogP contribution >= 0.6 is 0 Å². The lowest BCUT2D eigenvalue weighted by atomic mass is 9.96. The van der Waals surface area contributed by atoms with Gasteiger partial charge in [0.15, 0.2) is 0 Å². The van der Waals surface area contributed by atoms with Crippen LogP contribution in [0, 0.1) is 22.7 Å². The molecule has 0 bridgehead atoms. The van der Waals surface area contributed by atoms with Crippen LogP contribution in [0.4, 0.5) is 0 Å². The highest BCUT2D eigenvalue weighted by atomic mass is 16.3. The Balaban J connectivity index is 0.000000606. The van der Waals surface area contributed by atoms with E-state index in [4.69, 9.17) is 4.42 Å². The predicted molar refractivity (Wildman–Crippen MR) is 257 cm³/mol. The first-order chi connectivity index (χ1) is 30.6. The summed E-state index contributed by atoms with van der Waals surface area (Å²) in [7, 11) is 0. The molecule has 0 spiro atoms. The molecule has 62 heavy (non-hydrogen) atoms. The van der Waals surface area contributed by atoms with Crippen LogP contribution in [0.2, 0.25) is 0 Å². The van der Waals surface area contributed by atoms with Crippen LogP contribution in [0.5, 0.6) is 0 Å². The molecule has 0 saturated heterocycles. The molecule has 5 nitrogen and oxygen atoms in total. The van der Waals surface area contributed by atoms with E-state index in [-0.39, 0.29) is 0 Å². The molecule has 0 aliphatic carbocycles. The standard InChI is InChI=1S/C50H28N4O.C7H12/c51-29-31-14-18-33(19-15-31)35-26-36(34-20-16-32(30-52)17-21-34)28-38(27-35)54-45-24-22-40-39-10-5-7-13-46(39)55-50(40)48(45)42-23-25-44-47(49(42)54)41-11-4-6-12-43(41)53(44)37-8-2-1-3-9-37;1-3-5-7-6-4-2/h1-28H;3,5-7H,4H2,1-2H3/b;5-3-,7-6-. The number of furan rings is 1. The van der Waals surface area contributed by atoms with Gasteiger partial charge < -0.3 is 13.6 Å². The Bertz CT molecular complexity index is 3550. The monoisotopic (exact) mass is 796 g/mol. The van der Waals surface area contributed by atoms with Gasteiger partial charge in [-0.15, -0.1) is 0 Å². The van der Waals surface area contributed by atoms with Crippen LogP contribution < -0.4 is 0 Å². The van der Waals surface area contributed by atoms with Gasteiger partial charge in [-0.25, -0.2) is 0 Å². The van der Waals surface area contributed by atoms with E-state index in [1.54, 1.807) is 0 Å². The van der Waals surface area contributed by atoms with E-state index in [0.29, 0.717) is 11.1 Å². The van der Waals surface area contributed by atoms with Crippen molar-refractivity contribution in [1.82, 2.24) is 9.13 Å². The van der Waals surface area contributed by atoms with Crippen LogP contribution in [0.3, 0.4) is 0 Å². The molecule has 0 aliphatic heterocycles. The number of fused-ring (bicyclic) bond motifs is 11. The fourth-order valence-corrected chi connectivity index (χ4v) is 8.82.